The van der Waals surface area contributed by atoms with Crippen molar-refractivity contribution in [1.82, 2.24) is 10.1 Å². The Hall–Kier alpha value is -3.42. The van der Waals surface area contributed by atoms with Crippen molar-refractivity contribution in [1.29, 1.82) is 0 Å². The molecule has 0 aliphatic carbocycles. The molecule has 8 nitrogen and oxygen atoms in total. The molecule has 1 amide bonds. The molecular weight excluding hydrogens is 374 g/mol. The second-order valence-electron chi connectivity index (χ2n) is 7.02. The maximum atomic E-state index is 12.9. The maximum absolute atomic E-state index is 12.9. The highest BCUT2D eigenvalue weighted by molar-refractivity contribution is 6.12. The zero-order chi connectivity index (χ0) is 21.0. The van der Waals surface area contributed by atoms with E-state index in [1.165, 1.54) is 0 Å². The molecule has 2 aromatic heterocycles. The number of nitrogens with zero attached hydrogens (tertiary/aromatic N) is 2. The first-order chi connectivity index (χ1) is 13.8. The summed E-state index contributed by atoms with van der Waals surface area (Å²) in [6.07, 6.45) is 0.497. The van der Waals surface area contributed by atoms with E-state index in [4.69, 9.17) is 14.4 Å². The third kappa shape index (κ3) is 4.90. The first-order valence-corrected chi connectivity index (χ1v) is 9.38. The number of carbonyl (C=O) groups is 2. The van der Waals surface area contributed by atoms with Crippen LogP contribution in [0.1, 0.15) is 54.4 Å². The predicted octanol–water partition coefficient (Wildman–Crippen LogP) is 4.15. The number of ether oxygens (including phenoxy) is 1. The topological polar surface area (TPSA) is 115 Å². The van der Waals surface area contributed by atoms with Crippen LogP contribution in [0.25, 0.3) is 11.1 Å². The third-order valence-corrected chi connectivity index (χ3v) is 4.39. The lowest BCUT2D eigenvalue weighted by molar-refractivity contribution is -0.137. The van der Waals surface area contributed by atoms with Gasteiger partial charge in [0.15, 0.2) is 0 Å². The number of anilines is 1. The van der Waals surface area contributed by atoms with Crippen LogP contribution in [0.5, 0.6) is 5.75 Å². The van der Waals surface area contributed by atoms with Gasteiger partial charge in [0.25, 0.3) is 11.6 Å². The van der Waals surface area contributed by atoms with Crippen LogP contribution in [0.3, 0.4) is 0 Å². The number of amides is 1. The molecule has 0 saturated heterocycles. The van der Waals surface area contributed by atoms with Gasteiger partial charge in [-0.25, -0.2) is 4.98 Å². The predicted molar refractivity (Wildman–Crippen MR) is 107 cm³/mol. The van der Waals surface area contributed by atoms with E-state index in [2.05, 4.69) is 15.5 Å². The van der Waals surface area contributed by atoms with Gasteiger partial charge in [0.1, 0.15) is 5.75 Å². The molecule has 0 bridgehead atoms. The van der Waals surface area contributed by atoms with Crippen molar-refractivity contribution < 1.29 is 24.0 Å². The normalized spacial score (nSPS) is 11.0. The Morgan fingerprint density at radius 2 is 1.97 bits per heavy atom. The number of hydrogen-bond acceptors (Lipinski definition) is 6. The Kier molecular flexibility index (Phi) is 6.11. The summed E-state index contributed by atoms with van der Waals surface area (Å²) < 4.78 is 10.8. The SMILES string of the molecule is Cc1noc2nc(C(C)C)cc(C(=O)Nc3ccc(OCCCC(=O)O)cc3)c12. The van der Waals surface area contributed by atoms with E-state index < -0.39 is 5.97 Å². The van der Waals surface area contributed by atoms with Gasteiger partial charge in [0.2, 0.25) is 0 Å². The quantitative estimate of drug-likeness (QED) is 0.549. The van der Waals surface area contributed by atoms with Crippen molar-refractivity contribution >= 4 is 28.7 Å². The summed E-state index contributed by atoms with van der Waals surface area (Å²) in [5.74, 6) is -0.383. The Balaban J connectivity index is 1.73. The van der Waals surface area contributed by atoms with Gasteiger partial charge in [-0.3, -0.25) is 9.59 Å². The van der Waals surface area contributed by atoms with Gasteiger partial charge < -0.3 is 19.7 Å². The fourth-order valence-corrected chi connectivity index (χ4v) is 2.83. The van der Waals surface area contributed by atoms with Crippen molar-refractivity contribution in [2.24, 2.45) is 0 Å². The van der Waals surface area contributed by atoms with Crippen LogP contribution in [-0.2, 0) is 4.79 Å². The first-order valence-electron chi connectivity index (χ1n) is 9.38. The summed E-state index contributed by atoms with van der Waals surface area (Å²) in [4.78, 5) is 27.9. The Labute approximate surface area is 167 Å². The summed E-state index contributed by atoms with van der Waals surface area (Å²) in [6, 6.07) is 8.68. The van der Waals surface area contributed by atoms with Crippen molar-refractivity contribution in [3.63, 3.8) is 0 Å². The third-order valence-electron chi connectivity index (χ3n) is 4.39. The molecule has 0 fully saturated rings. The van der Waals surface area contributed by atoms with Gasteiger partial charge in [-0.2, -0.15) is 0 Å². The molecule has 3 aromatic rings. The molecule has 2 N–H and O–H groups in total. The van der Waals surface area contributed by atoms with E-state index in [-0.39, 0.29) is 18.2 Å². The summed E-state index contributed by atoms with van der Waals surface area (Å²) in [5.41, 5.74) is 2.79. The minimum absolute atomic E-state index is 0.0647. The minimum Gasteiger partial charge on any atom is -0.494 e. The highest BCUT2D eigenvalue weighted by Crippen LogP contribution is 2.26. The molecule has 3 rings (SSSR count). The molecule has 8 heteroatoms. The number of fused-ring (bicyclic) bond motifs is 1. The monoisotopic (exact) mass is 397 g/mol. The number of nitrogens with one attached hydrogen (secondary N) is 1. The summed E-state index contributed by atoms with van der Waals surface area (Å²) in [7, 11) is 0. The molecule has 2 heterocycles. The van der Waals surface area contributed by atoms with Gasteiger partial charge in [-0.1, -0.05) is 19.0 Å². The van der Waals surface area contributed by atoms with Crippen LogP contribution in [0.15, 0.2) is 34.9 Å². The zero-order valence-electron chi connectivity index (χ0n) is 16.6. The lowest BCUT2D eigenvalue weighted by Gasteiger charge is -2.10. The molecule has 0 aliphatic heterocycles. The van der Waals surface area contributed by atoms with Crippen LogP contribution >= 0.6 is 0 Å². The fraction of sp³-hybridized carbons (Fsp3) is 0.333. The Bertz CT molecular complexity index is 1020. The van der Waals surface area contributed by atoms with Crippen LogP contribution < -0.4 is 10.1 Å². The smallest absolute Gasteiger partial charge is 0.303 e. The lowest BCUT2D eigenvalue weighted by Crippen LogP contribution is -2.13. The molecule has 0 spiro atoms. The van der Waals surface area contributed by atoms with Gasteiger partial charge in [0, 0.05) is 17.8 Å². The van der Waals surface area contributed by atoms with Gasteiger partial charge in [0.05, 0.1) is 23.3 Å². The molecule has 152 valence electrons. The standard InChI is InChI=1S/C21H23N3O5/c1-12(2)17-11-16(19-13(3)24-29-21(19)23-17)20(27)22-14-6-8-15(9-7-14)28-10-4-5-18(25)26/h6-9,11-12H,4-5,10H2,1-3H3,(H,22,27)(H,25,26). The minimum atomic E-state index is -0.847. The summed E-state index contributed by atoms with van der Waals surface area (Å²) in [5, 5.41) is 16.0. The van der Waals surface area contributed by atoms with Crippen molar-refractivity contribution in [2.75, 3.05) is 11.9 Å². The number of carboxylic acids is 1. The number of aryl methyl sites for hydroxylation is 1. The number of carboxylic acid groups (broad SMARTS) is 1. The van der Waals surface area contributed by atoms with E-state index in [1.54, 1.807) is 37.3 Å². The molecule has 29 heavy (non-hydrogen) atoms. The van der Waals surface area contributed by atoms with Gasteiger partial charge in [-0.15, -0.1) is 0 Å². The highest BCUT2D eigenvalue weighted by atomic mass is 16.5. The fourth-order valence-electron chi connectivity index (χ4n) is 2.83. The van der Waals surface area contributed by atoms with Crippen molar-refractivity contribution in [3.8, 4) is 5.75 Å². The number of aliphatic carboxylic acids is 1. The lowest BCUT2D eigenvalue weighted by atomic mass is 10.0. The molecule has 0 atom stereocenters. The van der Waals surface area contributed by atoms with Crippen LogP contribution in [0.4, 0.5) is 5.69 Å². The molecule has 0 aliphatic rings. The van der Waals surface area contributed by atoms with Crippen molar-refractivity contribution in [3.05, 3.63) is 47.3 Å². The first kappa shape index (κ1) is 20.3. The van der Waals surface area contributed by atoms with Gasteiger partial charge in [-0.05, 0) is 49.6 Å². The number of pyridine rings is 1. The van der Waals surface area contributed by atoms with Crippen LogP contribution in [0, 0.1) is 6.92 Å². The van der Waals surface area contributed by atoms with E-state index in [0.717, 1.165) is 5.69 Å². The molecule has 0 radical (unpaired) electrons. The molecule has 0 unspecified atom stereocenters. The number of carbonyl (C=O) groups excluding carboxylic acids is 1. The average Bonchev–Trinajstić information content (AvgIpc) is 3.06. The zero-order valence-corrected chi connectivity index (χ0v) is 16.6. The van der Waals surface area contributed by atoms with Gasteiger partial charge >= 0.3 is 5.97 Å². The molecule has 1 aromatic carbocycles. The number of aromatic nitrogens is 2. The van der Waals surface area contributed by atoms with Crippen LogP contribution in [-0.4, -0.2) is 33.7 Å². The second-order valence-corrected chi connectivity index (χ2v) is 7.02. The Morgan fingerprint density at radius 3 is 2.62 bits per heavy atom. The van der Waals surface area contributed by atoms with E-state index >= 15 is 0 Å². The molecular formula is C21H23N3O5. The number of rotatable bonds is 8. The maximum Gasteiger partial charge on any atom is 0.303 e. The van der Waals surface area contributed by atoms with Crippen LogP contribution in [0.2, 0.25) is 0 Å². The Morgan fingerprint density at radius 1 is 1.24 bits per heavy atom. The largest absolute Gasteiger partial charge is 0.494 e. The van der Waals surface area contributed by atoms with E-state index in [0.29, 0.717) is 46.8 Å². The molecule has 0 saturated carbocycles. The van der Waals surface area contributed by atoms with E-state index in [9.17, 15) is 9.59 Å². The number of hydrogen-bond donors (Lipinski definition) is 2. The van der Waals surface area contributed by atoms with Crippen molar-refractivity contribution in [2.45, 2.75) is 39.5 Å². The summed E-state index contributed by atoms with van der Waals surface area (Å²) in [6.45, 7) is 6.08. The highest BCUT2D eigenvalue weighted by Gasteiger charge is 2.20. The van der Waals surface area contributed by atoms with E-state index in [1.807, 2.05) is 13.8 Å². The number of benzene rings is 1. The average molecular weight is 397 g/mol. The summed E-state index contributed by atoms with van der Waals surface area (Å²) >= 11 is 0. The second kappa shape index (κ2) is 8.72.